The zero-order valence-corrected chi connectivity index (χ0v) is 15.3. The summed E-state index contributed by atoms with van der Waals surface area (Å²) in [5.74, 6) is 1.67. The maximum absolute atomic E-state index is 12.1. The lowest BCUT2D eigenvalue weighted by Gasteiger charge is -2.16. The van der Waals surface area contributed by atoms with Gasteiger partial charge in [0.25, 0.3) is 5.91 Å². The minimum absolute atomic E-state index is 0.230. The number of methoxy groups -OCH3 is 1. The first kappa shape index (κ1) is 18.9. The third kappa shape index (κ3) is 5.87. The van der Waals surface area contributed by atoms with Crippen LogP contribution in [0.3, 0.4) is 0 Å². The van der Waals surface area contributed by atoms with Gasteiger partial charge >= 0.3 is 0 Å². The molecule has 0 heterocycles. The van der Waals surface area contributed by atoms with Crippen LogP contribution in [-0.2, 0) is 4.79 Å². The number of hydrogen-bond acceptors (Lipinski definition) is 4. The molecule has 0 aliphatic rings. The fourth-order valence-electron chi connectivity index (χ4n) is 2.12. The Labute approximate surface area is 152 Å². The molecular weight excluding hydrogens is 342 g/mol. The standard InChI is InChI=1S/C19H22ClNO4/c1-13-7-8-17(20)18(11-13)25-14(2)19(22)21-9-10-24-16-6-4-5-15(12-16)23-3/h4-8,11-12,14H,9-10H2,1-3H3,(H,21,22). The Morgan fingerprint density at radius 1 is 1.20 bits per heavy atom. The molecule has 2 rings (SSSR count). The van der Waals surface area contributed by atoms with Gasteiger partial charge in [0.15, 0.2) is 6.10 Å². The second-order valence-electron chi connectivity index (χ2n) is 5.51. The van der Waals surface area contributed by atoms with E-state index in [-0.39, 0.29) is 5.91 Å². The number of nitrogens with one attached hydrogen (secondary N) is 1. The Bertz CT molecular complexity index is 720. The van der Waals surface area contributed by atoms with Crippen molar-refractivity contribution < 1.29 is 19.0 Å². The van der Waals surface area contributed by atoms with Gasteiger partial charge in [0.1, 0.15) is 23.9 Å². The third-order valence-electron chi connectivity index (χ3n) is 3.47. The van der Waals surface area contributed by atoms with Gasteiger partial charge in [-0.1, -0.05) is 23.7 Å². The van der Waals surface area contributed by atoms with Gasteiger partial charge in [0.05, 0.1) is 18.7 Å². The van der Waals surface area contributed by atoms with Crippen LogP contribution in [0.15, 0.2) is 42.5 Å². The summed E-state index contributed by atoms with van der Waals surface area (Å²) in [6, 6.07) is 12.7. The van der Waals surface area contributed by atoms with E-state index >= 15 is 0 Å². The topological polar surface area (TPSA) is 56.8 Å². The molecule has 134 valence electrons. The first-order chi connectivity index (χ1) is 12.0. The molecule has 6 heteroatoms. The average molecular weight is 364 g/mol. The molecule has 0 saturated heterocycles. The van der Waals surface area contributed by atoms with Crippen LogP contribution in [0.1, 0.15) is 12.5 Å². The Balaban J connectivity index is 1.76. The van der Waals surface area contributed by atoms with E-state index in [1.807, 2.05) is 31.2 Å². The molecule has 1 N–H and O–H groups in total. The summed E-state index contributed by atoms with van der Waals surface area (Å²) in [6.45, 7) is 4.32. The first-order valence-corrected chi connectivity index (χ1v) is 8.35. The Morgan fingerprint density at radius 3 is 2.72 bits per heavy atom. The molecule has 25 heavy (non-hydrogen) atoms. The zero-order chi connectivity index (χ0) is 18.2. The molecule has 1 atom stereocenters. The maximum Gasteiger partial charge on any atom is 0.260 e. The third-order valence-corrected chi connectivity index (χ3v) is 3.78. The summed E-state index contributed by atoms with van der Waals surface area (Å²) in [6.07, 6.45) is -0.656. The fraction of sp³-hybridized carbons (Fsp3) is 0.316. The van der Waals surface area contributed by atoms with Crippen molar-refractivity contribution in [3.8, 4) is 17.2 Å². The summed E-state index contributed by atoms with van der Waals surface area (Å²) < 4.78 is 16.3. The number of halogens is 1. The molecule has 0 aliphatic carbocycles. The maximum atomic E-state index is 12.1. The van der Waals surface area contributed by atoms with Crippen LogP contribution < -0.4 is 19.5 Å². The molecule has 0 fully saturated rings. The van der Waals surface area contributed by atoms with E-state index in [0.717, 1.165) is 11.3 Å². The molecule has 0 radical (unpaired) electrons. The van der Waals surface area contributed by atoms with Gasteiger partial charge in [-0.3, -0.25) is 4.79 Å². The lowest BCUT2D eigenvalue weighted by Crippen LogP contribution is -2.38. The highest BCUT2D eigenvalue weighted by Gasteiger charge is 2.15. The van der Waals surface area contributed by atoms with Crippen LogP contribution >= 0.6 is 11.6 Å². The Morgan fingerprint density at radius 2 is 1.96 bits per heavy atom. The monoisotopic (exact) mass is 363 g/mol. The van der Waals surface area contributed by atoms with E-state index in [2.05, 4.69) is 5.32 Å². The SMILES string of the molecule is COc1cccc(OCCNC(=O)C(C)Oc2cc(C)ccc2Cl)c1. The van der Waals surface area contributed by atoms with Crippen molar-refractivity contribution in [1.82, 2.24) is 5.32 Å². The average Bonchev–Trinajstić information content (AvgIpc) is 2.61. The van der Waals surface area contributed by atoms with Crippen molar-refractivity contribution in [2.24, 2.45) is 0 Å². The summed E-state index contributed by atoms with van der Waals surface area (Å²) in [5, 5.41) is 3.25. The van der Waals surface area contributed by atoms with E-state index < -0.39 is 6.10 Å². The first-order valence-electron chi connectivity index (χ1n) is 7.97. The number of rotatable bonds is 8. The van der Waals surface area contributed by atoms with Crippen LogP contribution in [-0.4, -0.2) is 32.3 Å². The predicted octanol–water partition coefficient (Wildman–Crippen LogP) is 3.62. The number of ether oxygens (including phenoxy) is 3. The molecule has 0 aliphatic heterocycles. The van der Waals surface area contributed by atoms with Gasteiger partial charge in [-0.15, -0.1) is 0 Å². The fourth-order valence-corrected chi connectivity index (χ4v) is 2.28. The molecule has 0 spiro atoms. The second kappa shape index (κ2) is 9.18. The van der Waals surface area contributed by atoms with Crippen molar-refractivity contribution in [3.05, 3.63) is 53.1 Å². The quantitative estimate of drug-likeness (QED) is 0.728. The predicted molar refractivity (Wildman–Crippen MR) is 97.8 cm³/mol. The van der Waals surface area contributed by atoms with Crippen molar-refractivity contribution in [1.29, 1.82) is 0 Å². The van der Waals surface area contributed by atoms with Gasteiger partial charge in [-0.05, 0) is 43.7 Å². The number of hydrogen-bond donors (Lipinski definition) is 1. The summed E-state index contributed by atoms with van der Waals surface area (Å²) in [7, 11) is 1.60. The minimum Gasteiger partial charge on any atom is -0.497 e. The normalized spacial score (nSPS) is 11.5. The molecular formula is C19H22ClNO4. The highest BCUT2D eigenvalue weighted by molar-refractivity contribution is 6.32. The van der Waals surface area contributed by atoms with E-state index in [0.29, 0.717) is 29.7 Å². The Kier molecular flexibility index (Phi) is 6.95. The van der Waals surface area contributed by atoms with E-state index in [1.54, 1.807) is 32.2 Å². The molecule has 2 aromatic rings. The molecule has 0 bridgehead atoms. The molecule has 0 saturated carbocycles. The smallest absolute Gasteiger partial charge is 0.260 e. The number of carbonyl (C=O) groups excluding carboxylic acids is 1. The molecule has 1 unspecified atom stereocenters. The van der Waals surface area contributed by atoms with Crippen LogP contribution in [0, 0.1) is 6.92 Å². The van der Waals surface area contributed by atoms with Gasteiger partial charge < -0.3 is 19.5 Å². The van der Waals surface area contributed by atoms with Gasteiger partial charge in [0.2, 0.25) is 0 Å². The van der Waals surface area contributed by atoms with E-state index in [4.69, 9.17) is 25.8 Å². The lowest BCUT2D eigenvalue weighted by atomic mass is 10.2. The van der Waals surface area contributed by atoms with Crippen LogP contribution in [0.25, 0.3) is 0 Å². The lowest BCUT2D eigenvalue weighted by molar-refractivity contribution is -0.127. The molecule has 0 aromatic heterocycles. The number of amides is 1. The van der Waals surface area contributed by atoms with E-state index in [1.165, 1.54) is 0 Å². The number of carbonyl (C=O) groups is 1. The van der Waals surface area contributed by atoms with Gasteiger partial charge in [-0.2, -0.15) is 0 Å². The van der Waals surface area contributed by atoms with Crippen LogP contribution in [0.2, 0.25) is 5.02 Å². The molecule has 5 nitrogen and oxygen atoms in total. The van der Waals surface area contributed by atoms with Crippen molar-refractivity contribution in [3.63, 3.8) is 0 Å². The largest absolute Gasteiger partial charge is 0.497 e. The van der Waals surface area contributed by atoms with Gasteiger partial charge in [-0.25, -0.2) is 0 Å². The van der Waals surface area contributed by atoms with Crippen LogP contribution in [0.4, 0.5) is 0 Å². The van der Waals surface area contributed by atoms with Crippen molar-refractivity contribution >= 4 is 17.5 Å². The summed E-state index contributed by atoms with van der Waals surface area (Å²) in [4.78, 5) is 12.1. The van der Waals surface area contributed by atoms with Gasteiger partial charge in [0, 0.05) is 6.07 Å². The van der Waals surface area contributed by atoms with Crippen LogP contribution in [0.5, 0.6) is 17.2 Å². The highest BCUT2D eigenvalue weighted by Crippen LogP contribution is 2.26. The number of aryl methyl sites for hydroxylation is 1. The second-order valence-corrected chi connectivity index (χ2v) is 5.92. The van der Waals surface area contributed by atoms with Crippen molar-refractivity contribution in [2.75, 3.05) is 20.3 Å². The molecule has 1 amide bonds. The van der Waals surface area contributed by atoms with Crippen molar-refractivity contribution in [2.45, 2.75) is 20.0 Å². The summed E-state index contributed by atoms with van der Waals surface area (Å²) in [5.41, 5.74) is 1.01. The van der Waals surface area contributed by atoms with E-state index in [9.17, 15) is 4.79 Å². The molecule has 2 aromatic carbocycles. The Hall–Kier alpha value is -2.40. The number of benzene rings is 2. The highest BCUT2D eigenvalue weighted by atomic mass is 35.5. The summed E-state index contributed by atoms with van der Waals surface area (Å²) >= 11 is 6.08. The zero-order valence-electron chi connectivity index (χ0n) is 14.5. The minimum atomic E-state index is -0.656.